The lowest BCUT2D eigenvalue weighted by Gasteiger charge is -2.32. The second kappa shape index (κ2) is 8.43. The Morgan fingerprint density at radius 1 is 1.45 bits per heavy atom. The van der Waals surface area contributed by atoms with E-state index in [2.05, 4.69) is 39.2 Å². The largest absolute Gasteiger partial charge is 0.357 e. The quantitative estimate of drug-likeness (QED) is 0.485. The lowest BCUT2D eigenvalue weighted by Crippen LogP contribution is -2.45. The van der Waals surface area contributed by atoms with E-state index in [9.17, 15) is 0 Å². The van der Waals surface area contributed by atoms with E-state index in [-0.39, 0.29) is 24.0 Å². The molecule has 20 heavy (non-hydrogen) atoms. The summed E-state index contributed by atoms with van der Waals surface area (Å²) in [5.41, 5.74) is 0. The molecule has 0 aliphatic carbocycles. The summed E-state index contributed by atoms with van der Waals surface area (Å²) < 4.78 is 5.08. The van der Waals surface area contributed by atoms with Gasteiger partial charge >= 0.3 is 0 Å². The first-order chi connectivity index (χ1) is 9.19. The molecule has 0 radical (unpaired) electrons. The highest BCUT2D eigenvalue weighted by atomic mass is 127. The molecule has 7 heteroatoms. The second-order valence-electron chi connectivity index (χ2n) is 5.08. The Morgan fingerprint density at radius 2 is 2.15 bits per heavy atom. The van der Waals surface area contributed by atoms with E-state index in [1.54, 1.807) is 0 Å². The van der Waals surface area contributed by atoms with Crippen LogP contribution in [0, 0.1) is 12.8 Å². The molecule has 0 amide bonds. The van der Waals surface area contributed by atoms with Gasteiger partial charge in [0, 0.05) is 19.6 Å². The van der Waals surface area contributed by atoms with Gasteiger partial charge in [-0.05, 0) is 32.6 Å². The lowest BCUT2D eigenvalue weighted by atomic mass is 10.00. The molecular formula is C13H24IN5O. The molecule has 0 saturated carbocycles. The standard InChI is InChI=1S/C13H23N5O.HI/c1-4-14-13(18-7-5-10(2)6-8-18)15-9-12-16-11(3)17-19-12;/h10H,4-9H2,1-3H3,(H,14,15);1H. The van der Waals surface area contributed by atoms with Crippen molar-refractivity contribution in [1.29, 1.82) is 0 Å². The summed E-state index contributed by atoms with van der Waals surface area (Å²) in [6, 6.07) is 0. The number of hydrogen-bond acceptors (Lipinski definition) is 4. The van der Waals surface area contributed by atoms with Crippen LogP contribution in [0.1, 0.15) is 38.4 Å². The van der Waals surface area contributed by atoms with Crippen LogP contribution in [-0.4, -0.2) is 40.6 Å². The third kappa shape index (κ3) is 4.92. The minimum Gasteiger partial charge on any atom is -0.357 e. The number of aliphatic imine (C=N–C) groups is 1. The van der Waals surface area contributed by atoms with E-state index in [4.69, 9.17) is 4.52 Å². The summed E-state index contributed by atoms with van der Waals surface area (Å²) in [7, 11) is 0. The third-order valence-corrected chi connectivity index (χ3v) is 3.35. The maximum Gasteiger partial charge on any atom is 0.248 e. The molecule has 2 heterocycles. The highest BCUT2D eigenvalue weighted by molar-refractivity contribution is 14.0. The maximum absolute atomic E-state index is 5.08. The Morgan fingerprint density at radius 3 is 2.70 bits per heavy atom. The molecule has 0 aromatic carbocycles. The van der Waals surface area contributed by atoms with E-state index < -0.39 is 0 Å². The minimum absolute atomic E-state index is 0. The van der Waals surface area contributed by atoms with Crippen LogP contribution in [0.25, 0.3) is 0 Å². The molecule has 0 spiro atoms. The van der Waals surface area contributed by atoms with Crippen molar-refractivity contribution in [2.45, 2.75) is 40.2 Å². The van der Waals surface area contributed by atoms with Gasteiger partial charge in [0.1, 0.15) is 6.54 Å². The first kappa shape index (κ1) is 17.2. The van der Waals surface area contributed by atoms with Gasteiger partial charge in [-0.2, -0.15) is 4.98 Å². The molecule has 1 saturated heterocycles. The van der Waals surface area contributed by atoms with Crippen molar-refractivity contribution >= 4 is 29.9 Å². The smallest absolute Gasteiger partial charge is 0.248 e. The Kier molecular flexibility index (Phi) is 7.25. The number of likely N-dealkylation sites (tertiary alicyclic amines) is 1. The van der Waals surface area contributed by atoms with Gasteiger partial charge in [-0.3, -0.25) is 0 Å². The van der Waals surface area contributed by atoms with Crippen LogP contribution in [0.15, 0.2) is 9.52 Å². The Bertz CT molecular complexity index is 426. The van der Waals surface area contributed by atoms with Crippen LogP contribution >= 0.6 is 24.0 Å². The van der Waals surface area contributed by atoms with Gasteiger partial charge in [-0.15, -0.1) is 24.0 Å². The van der Waals surface area contributed by atoms with Gasteiger partial charge in [0.15, 0.2) is 11.8 Å². The SMILES string of the molecule is CCNC(=NCc1nc(C)no1)N1CCC(C)CC1.I. The van der Waals surface area contributed by atoms with E-state index in [0.717, 1.165) is 31.5 Å². The first-order valence-corrected chi connectivity index (χ1v) is 7.01. The number of guanidine groups is 1. The molecule has 1 N–H and O–H groups in total. The molecule has 1 aromatic rings. The average Bonchev–Trinajstić information content (AvgIpc) is 2.81. The molecule has 1 aliphatic heterocycles. The van der Waals surface area contributed by atoms with E-state index in [1.165, 1.54) is 12.8 Å². The van der Waals surface area contributed by atoms with Crippen LogP contribution in [0.4, 0.5) is 0 Å². The van der Waals surface area contributed by atoms with Crippen molar-refractivity contribution < 1.29 is 4.52 Å². The molecule has 114 valence electrons. The summed E-state index contributed by atoms with van der Waals surface area (Å²) in [5, 5.41) is 7.10. The predicted molar refractivity (Wildman–Crippen MR) is 89.2 cm³/mol. The summed E-state index contributed by atoms with van der Waals surface area (Å²) in [6.45, 7) is 9.64. The molecule has 1 aromatic heterocycles. The lowest BCUT2D eigenvalue weighted by molar-refractivity contribution is 0.273. The molecule has 0 bridgehead atoms. The summed E-state index contributed by atoms with van der Waals surface area (Å²) in [6.07, 6.45) is 2.45. The van der Waals surface area contributed by atoms with Crippen molar-refractivity contribution in [1.82, 2.24) is 20.4 Å². The second-order valence-corrected chi connectivity index (χ2v) is 5.08. The average molecular weight is 393 g/mol. The van der Waals surface area contributed by atoms with Crippen molar-refractivity contribution in [2.24, 2.45) is 10.9 Å². The fourth-order valence-corrected chi connectivity index (χ4v) is 2.19. The van der Waals surface area contributed by atoms with E-state index in [1.807, 2.05) is 6.92 Å². The van der Waals surface area contributed by atoms with Crippen molar-refractivity contribution in [3.63, 3.8) is 0 Å². The van der Waals surface area contributed by atoms with Gasteiger partial charge in [0.25, 0.3) is 0 Å². The number of hydrogen-bond donors (Lipinski definition) is 1. The topological polar surface area (TPSA) is 66.5 Å². The minimum atomic E-state index is 0. The Labute approximate surface area is 137 Å². The predicted octanol–water partition coefficient (Wildman–Crippen LogP) is 2.19. The first-order valence-electron chi connectivity index (χ1n) is 7.01. The van der Waals surface area contributed by atoms with Gasteiger partial charge in [0.05, 0.1) is 0 Å². The number of aryl methyl sites for hydroxylation is 1. The highest BCUT2D eigenvalue weighted by Gasteiger charge is 2.18. The number of halogens is 1. The number of aromatic nitrogens is 2. The van der Waals surface area contributed by atoms with Crippen molar-refractivity contribution in [2.75, 3.05) is 19.6 Å². The Hall–Kier alpha value is -0.860. The van der Waals surface area contributed by atoms with Gasteiger partial charge in [0.2, 0.25) is 5.89 Å². The monoisotopic (exact) mass is 393 g/mol. The molecule has 2 rings (SSSR count). The summed E-state index contributed by atoms with van der Waals surface area (Å²) in [5.74, 6) is 2.99. The number of nitrogens with one attached hydrogen (secondary N) is 1. The highest BCUT2D eigenvalue weighted by Crippen LogP contribution is 2.16. The van der Waals surface area contributed by atoms with Crippen LogP contribution < -0.4 is 5.32 Å². The zero-order chi connectivity index (χ0) is 13.7. The third-order valence-electron chi connectivity index (χ3n) is 3.35. The molecule has 0 unspecified atom stereocenters. The van der Waals surface area contributed by atoms with Crippen molar-refractivity contribution in [3.05, 3.63) is 11.7 Å². The van der Waals surface area contributed by atoms with Crippen LogP contribution in [0.2, 0.25) is 0 Å². The van der Waals surface area contributed by atoms with Crippen molar-refractivity contribution in [3.8, 4) is 0 Å². The number of piperidine rings is 1. The molecule has 1 aliphatic rings. The van der Waals surface area contributed by atoms with Crippen LogP contribution in [0.5, 0.6) is 0 Å². The fraction of sp³-hybridized carbons (Fsp3) is 0.769. The van der Waals surface area contributed by atoms with Crippen LogP contribution in [-0.2, 0) is 6.54 Å². The van der Waals surface area contributed by atoms with E-state index in [0.29, 0.717) is 18.3 Å². The van der Waals surface area contributed by atoms with Gasteiger partial charge in [-0.1, -0.05) is 12.1 Å². The molecule has 0 atom stereocenters. The van der Waals surface area contributed by atoms with Crippen LogP contribution in [0.3, 0.4) is 0 Å². The summed E-state index contributed by atoms with van der Waals surface area (Å²) in [4.78, 5) is 11.1. The normalized spacial score (nSPS) is 16.9. The summed E-state index contributed by atoms with van der Waals surface area (Å²) >= 11 is 0. The zero-order valence-electron chi connectivity index (χ0n) is 12.4. The Balaban J connectivity index is 0.00000200. The van der Waals surface area contributed by atoms with Gasteiger partial charge in [-0.25, -0.2) is 4.99 Å². The number of nitrogens with zero attached hydrogens (tertiary/aromatic N) is 4. The maximum atomic E-state index is 5.08. The number of rotatable bonds is 3. The van der Waals surface area contributed by atoms with Gasteiger partial charge < -0.3 is 14.7 Å². The molecular weight excluding hydrogens is 369 g/mol. The fourth-order valence-electron chi connectivity index (χ4n) is 2.19. The molecule has 1 fully saturated rings. The van der Waals surface area contributed by atoms with E-state index >= 15 is 0 Å². The zero-order valence-corrected chi connectivity index (χ0v) is 14.8. The molecule has 6 nitrogen and oxygen atoms in total.